The fraction of sp³-hybridized carbons (Fsp3) is 0.348. The molecule has 0 unspecified atom stereocenters. The maximum absolute atomic E-state index is 12.4. The molecule has 1 aliphatic rings. The fourth-order valence-corrected chi connectivity index (χ4v) is 3.63. The monoisotopic (exact) mass is 467 g/mol. The normalized spacial score (nSPS) is 17.5. The van der Waals surface area contributed by atoms with Crippen LogP contribution >= 0.6 is 0 Å². The molecule has 11 nitrogen and oxygen atoms in total. The standard InChI is InChI=1S/C23H25N5O6/c1-31-17-10-5-15(6-11-17)26-23-28-27-21(34-23)20(29)25-16-7-12-19(24-13-16)33-18-8-3-14(4-9-18)22(30)32-2/h5-7,10-14,18H,3-4,8-9H2,1-2H3,(H,25,29)(H,26,28)/t14-,18+. The van der Waals surface area contributed by atoms with E-state index in [2.05, 4.69) is 25.8 Å². The molecule has 34 heavy (non-hydrogen) atoms. The Morgan fingerprint density at radius 1 is 0.971 bits per heavy atom. The maximum Gasteiger partial charge on any atom is 0.320 e. The Morgan fingerprint density at radius 3 is 2.35 bits per heavy atom. The van der Waals surface area contributed by atoms with Crippen molar-refractivity contribution in [1.29, 1.82) is 0 Å². The van der Waals surface area contributed by atoms with E-state index in [0.717, 1.165) is 25.7 Å². The highest BCUT2D eigenvalue weighted by Crippen LogP contribution is 2.28. The molecule has 0 bridgehead atoms. The van der Waals surface area contributed by atoms with Gasteiger partial charge < -0.3 is 29.3 Å². The summed E-state index contributed by atoms with van der Waals surface area (Å²) in [6.07, 6.45) is 4.44. The van der Waals surface area contributed by atoms with E-state index in [1.54, 1.807) is 43.5 Å². The van der Waals surface area contributed by atoms with Crippen molar-refractivity contribution in [2.75, 3.05) is 24.9 Å². The van der Waals surface area contributed by atoms with Gasteiger partial charge in [-0.2, -0.15) is 0 Å². The van der Waals surface area contributed by atoms with Crippen LogP contribution in [-0.4, -0.2) is 47.4 Å². The van der Waals surface area contributed by atoms with Gasteiger partial charge in [-0.1, -0.05) is 5.10 Å². The molecule has 3 aromatic rings. The van der Waals surface area contributed by atoms with Gasteiger partial charge in [-0.15, -0.1) is 5.10 Å². The van der Waals surface area contributed by atoms with Crippen molar-refractivity contribution >= 4 is 29.3 Å². The topological polar surface area (TPSA) is 138 Å². The summed E-state index contributed by atoms with van der Waals surface area (Å²) < 4.78 is 21.2. The van der Waals surface area contributed by atoms with Gasteiger partial charge in [-0.25, -0.2) is 4.98 Å². The first kappa shape index (κ1) is 23.0. The molecule has 2 N–H and O–H groups in total. The number of esters is 1. The van der Waals surface area contributed by atoms with Gasteiger partial charge in [0, 0.05) is 11.8 Å². The van der Waals surface area contributed by atoms with Crippen molar-refractivity contribution in [3.63, 3.8) is 0 Å². The smallest absolute Gasteiger partial charge is 0.320 e. The van der Waals surface area contributed by atoms with E-state index < -0.39 is 5.91 Å². The van der Waals surface area contributed by atoms with Crippen LogP contribution in [0.3, 0.4) is 0 Å². The number of amides is 1. The molecule has 178 valence electrons. The molecule has 4 rings (SSSR count). The van der Waals surface area contributed by atoms with Crippen molar-refractivity contribution in [3.05, 3.63) is 48.5 Å². The van der Waals surface area contributed by atoms with Gasteiger partial charge in [0.05, 0.1) is 32.0 Å². The van der Waals surface area contributed by atoms with Crippen LogP contribution in [0.15, 0.2) is 47.0 Å². The largest absolute Gasteiger partial charge is 0.497 e. The Balaban J connectivity index is 1.27. The zero-order valence-electron chi connectivity index (χ0n) is 18.8. The first-order chi connectivity index (χ1) is 16.5. The number of nitrogens with one attached hydrogen (secondary N) is 2. The summed E-state index contributed by atoms with van der Waals surface area (Å²) in [5.41, 5.74) is 1.16. The Hall–Kier alpha value is -4.15. The van der Waals surface area contributed by atoms with Crippen LogP contribution in [0.2, 0.25) is 0 Å². The van der Waals surface area contributed by atoms with Crippen LogP contribution in [0.25, 0.3) is 0 Å². The van der Waals surface area contributed by atoms with Crippen LogP contribution in [-0.2, 0) is 9.53 Å². The molecule has 1 saturated carbocycles. The molecule has 1 amide bonds. The van der Waals surface area contributed by atoms with Crippen molar-refractivity contribution in [2.24, 2.45) is 5.92 Å². The van der Waals surface area contributed by atoms with E-state index in [-0.39, 0.29) is 29.9 Å². The first-order valence-corrected chi connectivity index (χ1v) is 10.8. The minimum absolute atomic E-state index is 0.0103. The number of benzene rings is 1. The molecule has 0 spiro atoms. The minimum Gasteiger partial charge on any atom is -0.497 e. The number of methoxy groups -OCH3 is 2. The van der Waals surface area contributed by atoms with E-state index in [9.17, 15) is 9.59 Å². The zero-order valence-corrected chi connectivity index (χ0v) is 18.8. The summed E-state index contributed by atoms with van der Waals surface area (Å²) in [7, 11) is 2.99. The van der Waals surface area contributed by atoms with Crippen LogP contribution in [0.5, 0.6) is 11.6 Å². The number of carbonyl (C=O) groups is 2. The average molecular weight is 467 g/mol. The number of aromatic nitrogens is 3. The molecule has 0 radical (unpaired) electrons. The first-order valence-electron chi connectivity index (χ1n) is 10.8. The lowest BCUT2D eigenvalue weighted by molar-refractivity contribution is -0.147. The highest BCUT2D eigenvalue weighted by Gasteiger charge is 2.28. The molecule has 11 heteroatoms. The van der Waals surface area contributed by atoms with Gasteiger partial charge >= 0.3 is 23.8 Å². The van der Waals surface area contributed by atoms with Crippen LogP contribution in [0.1, 0.15) is 36.4 Å². The Bertz CT molecular complexity index is 1110. The SMILES string of the molecule is COc1ccc(Nc2nnc(C(=O)Nc3ccc(O[C@H]4CC[C@@H](C(=O)OC)CC4)nc3)o2)cc1. The van der Waals surface area contributed by atoms with Gasteiger partial charge in [0.2, 0.25) is 5.88 Å². The number of nitrogens with zero attached hydrogens (tertiary/aromatic N) is 3. The lowest BCUT2D eigenvalue weighted by Crippen LogP contribution is -2.28. The number of anilines is 3. The highest BCUT2D eigenvalue weighted by molar-refractivity contribution is 6.00. The highest BCUT2D eigenvalue weighted by atomic mass is 16.5. The van der Waals surface area contributed by atoms with Crippen molar-refractivity contribution in [1.82, 2.24) is 15.2 Å². The lowest BCUT2D eigenvalue weighted by atomic mass is 9.87. The number of rotatable bonds is 8. The molecular weight excluding hydrogens is 442 g/mol. The van der Waals surface area contributed by atoms with E-state index in [4.69, 9.17) is 18.6 Å². The van der Waals surface area contributed by atoms with Crippen molar-refractivity contribution in [3.8, 4) is 11.6 Å². The third-order valence-electron chi connectivity index (χ3n) is 5.45. The van der Waals surface area contributed by atoms with E-state index in [1.807, 2.05) is 0 Å². The lowest BCUT2D eigenvalue weighted by Gasteiger charge is -2.27. The summed E-state index contributed by atoms with van der Waals surface area (Å²) in [6.45, 7) is 0. The Labute approximate surface area is 195 Å². The van der Waals surface area contributed by atoms with Crippen molar-refractivity contribution < 1.29 is 28.2 Å². The molecular formula is C23H25N5O6. The van der Waals surface area contributed by atoms with Gasteiger partial charge in [0.15, 0.2) is 0 Å². The van der Waals surface area contributed by atoms with E-state index in [1.165, 1.54) is 13.3 Å². The number of carbonyl (C=O) groups excluding carboxylic acids is 2. The van der Waals surface area contributed by atoms with E-state index in [0.29, 0.717) is 23.0 Å². The second kappa shape index (κ2) is 10.6. The summed E-state index contributed by atoms with van der Waals surface area (Å²) >= 11 is 0. The minimum atomic E-state index is -0.563. The molecule has 0 atom stereocenters. The predicted molar refractivity (Wildman–Crippen MR) is 121 cm³/mol. The number of hydrogen-bond donors (Lipinski definition) is 2. The average Bonchev–Trinajstić information content (AvgIpc) is 3.34. The van der Waals surface area contributed by atoms with Gasteiger partial charge in [-0.3, -0.25) is 9.59 Å². The molecule has 0 saturated heterocycles. The molecule has 2 aromatic heterocycles. The number of pyridine rings is 1. The zero-order chi connectivity index (χ0) is 23.9. The van der Waals surface area contributed by atoms with Gasteiger partial charge in [-0.05, 0) is 56.0 Å². The molecule has 1 aromatic carbocycles. The molecule has 1 fully saturated rings. The summed E-state index contributed by atoms with van der Waals surface area (Å²) in [5, 5.41) is 13.2. The molecule has 1 aliphatic carbocycles. The second-order valence-electron chi connectivity index (χ2n) is 7.72. The summed E-state index contributed by atoms with van der Waals surface area (Å²) in [5.74, 6) is 0.176. The van der Waals surface area contributed by atoms with Gasteiger partial charge in [0.1, 0.15) is 11.9 Å². The third-order valence-corrected chi connectivity index (χ3v) is 5.45. The quantitative estimate of drug-likeness (QED) is 0.473. The van der Waals surface area contributed by atoms with Crippen LogP contribution in [0, 0.1) is 5.92 Å². The van der Waals surface area contributed by atoms with Gasteiger partial charge in [0.25, 0.3) is 0 Å². The summed E-state index contributed by atoms with van der Waals surface area (Å²) in [4.78, 5) is 28.3. The number of ether oxygens (including phenoxy) is 3. The Morgan fingerprint density at radius 2 is 1.71 bits per heavy atom. The Kier molecular flexibility index (Phi) is 7.21. The van der Waals surface area contributed by atoms with E-state index >= 15 is 0 Å². The molecule has 0 aliphatic heterocycles. The maximum atomic E-state index is 12.4. The second-order valence-corrected chi connectivity index (χ2v) is 7.72. The molecule has 2 heterocycles. The van der Waals surface area contributed by atoms with Crippen LogP contribution in [0.4, 0.5) is 17.4 Å². The fourth-order valence-electron chi connectivity index (χ4n) is 3.63. The predicted octanol–water partition coefficient (Wildman–Crippen LogP) is 3.58. The van der Waals surface area contributed by atoms with Crippen LogP contribution < -0.4 is 20.1 Å². The van der Waals surface area contributed by atoms with Crippen molar-refractivity contribution in [2.45, 2.75) is 31.8 Å². The number of hydrogen-bond acceptors (Lipinski definition) is 10. The third kappa shape index (κ3) is 5.80. The summed E-state index contributed by atoms with van der Waals surface area (Å²) in [6, 6.07) is 10.5.